The minimum absolute atomic E-state index is 0.00296. The molecule has 2 rings (SSSR count). The van der Waals surface area contributed by atoms with Crippen LogP contribution in [0.2, 0.25) is 0 Å². The fraction of sp³-hybridized carbons (Fsp3) is 0.250. The highest BCUT2D eigenvalue weighted by atomic mass is 16.5. The molecule has 0 N–H and O–H groups in total. The molecule has 0 saturated carbocycles. The maximum absolute atomic E-state index is 12.4. The van der Waals surface area contributed by atoms with Crippen molar-refractivity contribution < 1.29 is 14.3 Å². The first kappa shape index (κ1) is 17.6. The van der Waals surface area contributed by atoms with Crippen molar-refractivity contribution in [3.8, 4) is 11.5 Å². The van der Waals surface area contributed by atoms with E-state index in [0.717, 1.165) is 11.1 Å². The molecular formula is C20H23NO3. The third kappa shape index (κ3) is 4.38. The van der Waals surface area contributed by atoms with E-state index in [1.807, 2.05) is 49.4 Å². The third-order valence-corrected chi connectivity index (χ3v) is 4.00. The van der Waals surface area contributed by atoms with Crippen molar-refractivity contribution in [2.75, 3.05) is 21.3 Å². The Kier molecular flexibility index (Phi) is 6.01. The molecule has 126 valence electrons. The normalized spacial score (nSPS) is 12.0. The summed E-state index contributed by atoms with van der Waals surface area (Å²) in [5.41, 5.74) is 1.95. The van der Waals surface area contributed by atoms with Crippen molar-refractivity contribution in [2.45, 2.75) is 13.0 Å². The molecule has 2 aromatic carbocycles. The Morgan fingerprint density at radius 1 is 1.04 bits per heavy atom. The van der Waals surface area contributed by atoms with Crippen LogP contribution in [0.25, 0.3) is 6.08 Å². The molecule has 0 fully saturated rings. The van der Waals surface area contributed by atoms with Gasteiger partial charge in [-0.15, -0.1) is 0 Å². The number of hydrogen-bond acceptors (Lipinski definition) is 3. The van der Waals surface area contributed by atoms with Crippen LogP contribution in [0.1, 0.15) is 24.1 Å². The highest BCUT2D eigenvalue weighted by Crippen LogP contribution is 2.24. The first-order valence-electron chi connectivity index (χ1n) is 7.78. The highest BCUT2D eigenvalue weighted by molar-refractivity contribution is 5.92. The molecule has 0 aliphatic rings. The number of likely N-dealkylation sites (N-methyl/N-ethyl adjacent to an activating group) is 1. The van der Waals surface area contributed by atoms with Gasteiger partial charge in [0.25, 0.3) is 0 Å². The minimum atomic E-state index is -0.0619. The van der Waals surface area contributed by atoms with Crippen molar-refractivity contribution in [1.29, 1.82) is 0 Å². The molecule has 0 aliphatic heterocycles. The molecule has 1 amide bonds. The predicted molar refractivity (Wildman–Crippen MR) is 96.2 cm³/mol. The van der Waals surface area contributed by atoms with E-state index < -0.39 is 0 Å². The van der Waals surface area contributed by atoms with E-state index in [9.17, 15) is 4.79 Å². The molecule has 1 unspecified atom stereocenters. The molecule has 0 saturated heterocycles. The molecular weight excluding hydrogens is 302 g/mol. The zero-order chi connectivity index (χ0) is 17.5. The Morgan fingerprint density at radius 2 is 1.62 bits per heavy atom. The molecule has 0 bridgehead atoms. The van der Waals surface area contributed by atoms with Crippen LogP contribution in [0, 0.1) is 0 Å². The number of nitrogens with zero attached hydrogens (tertiary/aromatic N) is 1. The highest BCUT2D eigenvalue weighted by Gasteiger charge is 2.14. The van der Waals surface area contributed by atoms with E-state index in [4.69, 9.17) is 9.47 Å². The Balaban J connectivity index is 2.12. The number of rotatable bonds is 6. The molecule has 24 heavy (non-hydrogen) atoms. The van der Waals surface area contributed by atoms with Crippen LogP contribution < -0.4 is 9.47 Å². The maximum Gasteiger partial charge on any atom is 0.246 e. The molecule has 0 radical (unpaired) electrons. The van der Waals surface area contributed by atoms with Crippen molar-refractivity contribution in [2.24, 2.45) is 0 Å². The van der Waals surface area contributed by atoms with Gasteiger partial charge < -0.3 is 14.4 Å². The minimum Gasteiger partial charge on any atom is -0.497 e. The van der Waals surface area contributed by atoms with Gasteiger partial charge in [0.1, 0.15) is 11.5 Å². The number of carbonyl (C=O) groups is 1. The summed E-state index contributed by atoms with van der Waals surface area (Å²) in [6.45, 7) is 2.01. The Hall–Kier alpha value is -2.75. The molecule has 0 aromatic heterocycles. The molecule has 0 heterocycles. The Bertz CT molecular complexity index is 688. The van der Waals surface area contributed by atoms with Gasteiger partial charge in [0.2, 0.25) is 5.91 Å². The number of methoxy groups -OCH3 is 2. The third-order valence-electron chi connectivity index (χ3n) is 4.00. The van der Waals surface area contributed by atoms with E-state index in [-0.39, 0.29) is 11.9 Å². The number of ether oxygens (including phenoxy) is 2. The van der Waals surface area contributed by atoms with Gasteiger partial charge in [-0.25, -0.2) is 0 Å². The zero-order valence-electron chi connectivity index (χ0n) is 14.5. The van der Waals surface area contributed by atoms with Crippen LogP contribution in [0.15, 0.2) is 54.6 Å². The summed E-state index contributed by atoms with van der Waals surface area (Å²) in [5, 5.41) is 0. The molecule has 0 aliphatic carbocycles. The van der Waals surface area contributed by atoms with Gasteiger partial charge >= 0.3 is 0 Å². The lowest BCUT2D eigenvalue weighted by atomic mass is 10.1. The van der Waals surface area contributed by atoms with Gasteiger partial charge in [-0.1, -0.05) is 30.3 Å². The van der Waals surface area contributed by atoms with Gasteiger partial charge in [0.15, 0.2) is 0 Å². The van der Waals surface area contributed by atoms with E-state index >= 15 is 0 Å². The second-order valence-corrected chi connectivity index (χ2v) is 5.52. The number of hydrogen-bond donors (Lipinski definition) is 0. The quantitative estimate of drug-likeness (QED) is 0.755. The van der Waals surface area contributed by atoms with Crippen LogP contribution in [0.4, 0.5) is 0 Å². The summed E-state index contributed by atoms with van der Waals surface area (Å²) in [7, 11) is 5.00. The van der Waals surface area contributed by atoms with Crippen molar-refractivity contribution in [1.82, 2.24) is 4.90 Å². The lowest BCUT2D eigenvalue weighted by molar-refractivity contribution is -0.126. The first-order valence-corrected chi connectivity index (χ1v) is 7.78. The second-order valence-electron chi connectivity index (χ2n) is 5.52. The molecule has 4 nitrogen and oxygen atoms in total. The predicted octanol–water partition coefficient (Wildman–Crippen LogP) is 3.94. The smallest absolute Gasteiger partial charge is 0.246 e. The molecule has 4 heteroatoms. The topological polar surface area (TPSA) is 38.8 Å². The van der Waals surface area contributed by atoms with Crippen LogP contribution in [-0.2, 0) is 4.79 Å². The SMILES string of the molecule is COc1cc(/C=C/C(=O)N(C)C(C)c2ccccc2)cc(OC)c1. The van der Waals surface area contributed by atoms with Gasteiger partial charge in [-0.3, -0.25) is 4.79 Å². The van der Waals surface area contributed by atoms with Gasteiger partial charge in [0, 0.05) is 19.2 Å². The summed E-state index contributed by atoms with van der Waals surface area (Å²) >= 11 is 0. The standard InChI is InChI=1S/C20H23NO3/c1-15(17-8-6-5-7-9-17)21(2)20(22)11-10-16-12-18(23-3)14-19(13-16)24-4/h5-15H,1-4H3/b11-10+. The van der Waals surface area contributed by atoms with Crippen LogP contribution >= 0.6 is 0 Å². The fourth-order valence-corrected chi connectivity index (χ4v) is 2.36. The summed E-state index contributed by atoms with van der Waals surface area (Å²) in [6, 6.07) is 15.5. The largest absolute Gasteiger partial charge is 0.497 e. The van der Waals surface area contributed by atoms with Gasteiger partial charge in [-0.05, 0) is 36.3 Å². The summed E-state index contributed by atoms with van der Waals surface area (Å²) in [4.78, 5) is 14.1. The van der Waals surface area contributed by atoms with E-state index in [0.29, 0.717) is 11.5 Å². The van der Waals surface area contributed by atoms with Crippen LogP contribution in [-0.4, -0.2) is 32.1 Å². The van der Waals surface area contributed by atoms with Crippen molar-refractivity contribution in [3.63, 3.8) is 0 Å². The number of amides is 1. The van der Waals surface area contributed by atoms with E-state index in [2.05, 4.69) is 0 Å². The average molecular weight is 325 g/mol. The average Bonchev–Trinajstić information content (AvgIpc) is 2.65. The molecule has 1 atom stereocenters. The zero-order valence-corrected chi connectivity index (χ0v) is 14.5. The fourth-order valence-electron chi connectivity index (χ4n) is 2.36. The Morgan fingerprint density at radius 3 is 2.17 bits per heavy atom. The molecule has 2 aromatic rings. The van der Waals surface area contributed by atoms with E-state index in [1.165, 1.54) is 0 Å². The summed E-state index contributed by atoms with van der Waals surface area (Å²) in [5.74, 6) is 1.31. The monoisotopic (exact) mass is 325 g/mol. The van der Waals surface area contributed by atoms with Gasteiger partial charge in [0.05, 0.1) is 20.3 Å². The van der Waals surface area contributed by atoms with E-state index in [1.54, 1.807) is 44.4 Å². The summed E-state index contributed by atoms with van der Waals surface area (Å²) < 4.78 is 10.5. The Labute approximate surface area is 143 Å². The van der Waals surface area contributed by atoms with Gasteiger partial charge in [-0.2, -0.15) is 0 Å². The van der Waals surface area contributed by atoms with Crippen molar-refractivity contribution >= 4 is 12.0 Å². The lowest BCUT2D eigenvalue weighted by Gasteiger charge is -2.24. The number of benzene rings is 2. The maximum atomic E-state index is 12.4. The van der Waals surface area contributed by atoms with Crippen molar-refractivity contribution in [3.05, 3.63) is 65.7 Å². The van der Waals surface area contributed by atoms with Crippen LogP contribution in [0.3, 0.4) is 0 Å². The summed E-state index contributed by atoms with van der Waals surface area (Å²) in [6.07, 6.45) is 3.33. The second kappa shape index (κ2) is 8.20. The lowest BCUT2D eigenvalue weighted by Crippen LogP contribution is -2.27. The first-order chi connectivity index (χ1) is 11.5. The molecule has 0 spiro atoms. The number of carbonyl (C=O) groups excluding carboxylic acids is 1. The van der Waals surface area contributed by atoms with Crippen LogP contribution in [0.5, 0.6) is 11.5 Å².